The molecule has 0 saturated heterocycles. The summed E-state index contributed by atoms with van der Waals surface area (Å²) in [7, 11) is 0. The minimum absolute atomic E-state index is 0.0615. The van der Waals surface area contributed by atoms with Crippen LogP contribution in [0.4, 0.5) is 5.69 Å². The molecule has 0 amide bonds. The summed E-state index contributed by atoms with van der Waals surface area (Å²) in [6.07, 6.45) is 1.47. The number of nitrogens with zero attached hydrogens (tertiary/aromatic N) is 2. The van der Waals surface area contributed by atoms with E-state index in [4.69, 9.17) is 20.8 Å². The van der Waals surface area contributed by atoms with E-state index in [0.29, 0.717) is 22.1 Å². The van der Waals surface area contributed by atoms with Gasteiger partial charge in [-0.2, -0.15) is 0 Å². The maximum atomic E-state index is 12.1. The first-order chi connectivity index (χ1) is 13.5. The van der Waals surface area contributed by atoms with Crippen LogP contribution in [0.2, 0.25) is 5.02 Å². The average molecular weight is 395 g/mol. The standard InChI is InChI=1S/C20H11ClN2O5/c21-14-3-1-2-13(10-14)18-9-8-16(27-18)11-17-20(24)28-19(22-17)12-4-6-15(7-5-12)23(25)26/h1-11H/b17-11-. The smallest absolute Gasteiger partial charge is 0.363 e. The highest BCUT2D eigenvalue weighted by molar-refractivity contribution is 6.30. The van der Waals surface area contributed by atoms with Crippen molar-refractivity contribution in [2.75, 3.05) is 0 Å². The van der Waals surface area contributed by atoms with Crippen LogP contribution in [0.5, 0.6) is 0 Å². The highest BCUT2D eigenvalue weighted by atomic mass is 35.5. The summed E-state index contributed by atoms with van der Waals surface area (Å²) < 4.78 is 10.9. The van der Waals surface area contributed by atoms with Gasteiger partial charge in [-0.1, -0.05) is 23.7 Å². The maximum absolute atomic E-state index is 12.1. The molecule has 0 bridgehead atoms. The molecule has 28 heavy (non-hydrogen) atoms. The van der Waals surface area contributed by atoms with Crippen LogP contribution in [0.1, 0.15) is 11.3 Å². The molecule has 0 unspecified atom stereocenters. The first-order valence-corrected chi connectivity index (χ1v) is 8.50. The number of ether oxygens (including phenoxy) is 1. The van der Waals surface area contributed by atoms with Gasteiger partial charge in [-0.15, -0.1) is 0 Å². The predicted octanol–water partition coefficient (Wildman–Crippen LogP) is 4.85. The minimum Gasteiger partial charge on any atom is -0.457 e. The number of hydrogen-bond donors (Lipinski definition) is 0. The second-order valence-electron chi connectivity index (χ2n) is 5.85. The second-order valence-corrected chi connectivity index (χ2v) is 6.29. The van der Waals surface area contributed by atoms with E-state index in [1.807, 2.05) is 12.1 Å². The molecular formula is C20H11ClN2O5. The number of aliphatic imine (C=N–C) groups is 1. The van der Waals surface area contributed by atoms with Crippen molar-refractivity contribution in [1.29, 1.82) is 0 Å². The van der Waals surface area contributed by atoms with Crippen molar-refractivity contribution < 1.29 is 18.9 Å². The Bertz CT molecular complexity index is 1150. The molecule has 0 N–H and O–H groups in total. The molecule has 1 aliphatic heterocycles. The number of nitro benzene ring substituents is 1. The summed E-state index contributed by atoms with van der Waals surface area (Å²) >= 11 is 5.99. The van der Waals surface area contributed by atoms with Gasteiger partial charge < -0.3 is 9.15 Å². The minimum atomic E-state index is -0.631. The molecule has 1 aromatic heterocycles. The molecule has 0 saturated carbocycles. The van der Waals surface area contributed by atoms with Gasteiger partial charge in [-0.3, -0.25) is 10.1 Å². The molecule has 3 aromatic rings. The quantitative estimate of drug-likeness (QED) is 0.273. The molecule has 2 aromatic carbocycles. The lowest BCUT2D eigenvalue weighted by Crippen LogP contribution is -2.05. The Morgan fingerprint density at radius 2 is 1.82 bits per heavy atom. The van der Waals surface area contributed by atoms with Gasteiger partial charge in [-0.05, 0) is 36.4 Å². The largest absolute Gasteiger partial charge is 0.457 e. The number of rotatable bonds is 4. The Morgan fingerprint density at radius 3 is 2.54 bits per heavy atom. The number of hydrogen-bond acceptors (Lipinski definition) is 6. The van der Waals surface area contributed by atoms with Crippen LogP contribution in [0.15, 0.2) is 75.8 Å². The van der Waals surface area contributed by atoms with Crippen molar-refractivity contribution in [2.24, 2.45) is 4.99 Å². The fourth-order valence-corrected chi connectivity index (χ4v) is 2.81. The van der Waals surface area contributed by atoms with Crippen LogP contribution >= 0.6 is 11.6 Å². The molecule has 1 aliphatic rings. The highest BCUT2D eigenvalue weighted by Crippen LogP contribution is 2.27. The number of carbonyl (C=O) groups excluding carboxylic acids is 1. The number of carbonyl (C=O) groups is 1. The number of benzene rings is 2. The highest BCUT2D eigenvalue weighted by Gasteiger charge is 2.25. The average Bonchev–Trinajstić information content (AvgIpc) is 3.29. The van der Waals surface area contributed by atoms with E-state index in [-0.39, 0.29) is 17.3 Å². The third-order valence-corrected chi connectivity index (χ3v) is 4.20. The van der Waals surface area contributed by atoms with E-state index in [0.717, 1.165) is 5.56 Å². The summed E-state index contributed by atoms with van der Waals surface area (Å²) in [5, 5.41) is 11.3. The molecule has 4 rings (SSSR count). The lowest BCUT2D eigenvalue weighted by Gasteiger charge is -1.98. The van der Waals surface area contributed by atoms with E-state index in [9.17, 15) is 14.9 Å². The summed E-state index contributed by atoms with van der Waals surface area (Å²) in [6, 6.07) is 16.2. The van der Waals surface area contributed by atoms with Gasteiger partial charge in [-0.25, -0.2) is 9.79 Å². The normalized spacial score (nSPS) is 14.8. The van der Waals surface area contributed by atoms with E-state index in [1.165, 1.54) is 30.3 Å². The van der Waals surface area contributed by atoms with E-state index >= 15 is 0 Å². The monoisotopic (exact) mass is 394 g/mol. The van der Waals surface area contributed by atoms with Gasteiger partial charge in [0.25, 0.3) is 5.69 Å². The first-order valence-electron chi connectivity index (χ1n) is 8.13. The molecular weight excluding hydrogens is 384 g/mol. The van der Waals surface area contributed by atoms with Crippen molar-refractivity contribution in [3.05, 3.63) is 92.8 Å². The molecule has 8 heteroatoms. The zero-order valence-electron chi connectivity index (χ0n) is 14.2. The number of furan rings is 1. The number of cyclic esters (lactones) is 1. The second kappa shape index (κ2) is 7.13. The Balaban J connectivity index is 1.59. The molecule has 0 atom stereocenters. The topological polar surface area (TPSA) is 94.9 Å². The van der Waals surface area contributed by atoms with Gasteiger partial charge in [0.05, 0.1) is 4.92 Å². The molecule has 2 heterocycles. The SMILES string of the molecule is O=C1OC(c2ccc([N+](=O)[O-])cc2)=N/C1=C\c1ccc(-c2cccc(Cl)c2)o1. The molecule has 0 radical (unpaired) electrons. The van der Waals surface area contributed by atoms with Crippen molar-refractivity contribution in [2.45, 2.75) is 0 Å². The fraction of sp³-hybridized carbons (Fsp3) is 0. The van der Waals surface area contributed by atoms with Crippen molar-refractivity contribution in [3.63, 3.8) is 0 Å². The Hall–Kier alpha value is -3.71. The molecule has 0 aliphatic carbocycles. The molecule has 0 fully saturated rings. The number of halogens is 1. The van der Waals surface area contributed by atoms with Crippen molar-refractivity contribution in [1.82, 2.24) is 0 Å². The van der Waals surface area contributed by atoms with Gasteiger partial charge in [0.1, 0.15) is 11.5 Å². The van der Waals surface area contributed by atoms with Crippen molar-refractivity contribution >= 4 is 35.2 Å². The van der Waals surface area contributed by atoms with Crippen LogP contribution in [0, 0.1) is 10.1 Å². The molecule has 138 valence electrons. The van der Waals surface area contributed by atoms with Gasteiger partial charge in [0.2, 0.25) is 5.90 Å². The van der Waals surface area contributed by atoms with Crippen LogP contribution < -0.4 is 0 Å². The zero-order valence-corrected chi connectivity index (χ0v) is 14.9. The van der Waals surface area contributed by atoms with Gasteiger partial charge in [0.15, 0.2) is 5.70 Å². The number of non-ortho nitro benzene ring substituents is 1. The van der Waals surface area contributed by atoms with Crippen LogP contribution in [-0.2, 0) is 9.53 Å². The zero-order chi connectivity index (χ0) is 19.7. The fourth-order valence-electron chi connectivity index (χ4n) is 2.62. The maximum Gasteiger partial charge on any atom is 0.363 e. The van der Waals surface area contributed by atoms with Gasteiger partial charge >= 0.3 is 5.97 Å². The lowest BCUT2D eigenvalue weighted by atomic mass is 10.2. The van der Waals surface area contributed by atoms with Crippen LogP contribution in [-0.4, -0.2) is 16.8 Å². The van der Waals surface area contributed by atoms with Crippen LogP contribution in [0.3, 0.4) is 0 Å². The van der Waals surface area contributed by atoms with Crippen molar-refractivity contribution in [3.8, 4) is 11.3 Å². The molecule has 0 spiro atoms. The molecule has 7 nitrogen and oxygen atoms in total. The van der Waals surface area contributed by atoms with E-state index in [1.54, 1.807) is 24.3 Å². The van der Waals surface area contributed by atoms with E-state index < -0.39 is 10.9 Å². The lowest BCUT2D eigenvalue weighted by molar-refractivity contribution is -0.384. The predicted molar refractivity (Wildman–Crippen MR) is 103 cm³/mol. The number of nitro groups is 1. The Labute approximate surface area is 163 Å². The van der Waals surface area contributed by atoms with Crippen LogP contribution in [0.25, 0.3) is 17.4 Å². The summed E-state index contributed by atoms with van der Waals surface area (Å²) in [6.45, 7) is 0. The third kappa shape index (κ3) is 3.56. The third-order valence-electron chi connectivity index (χ3n) is 3.96. The first kappa shape index (κ1) is 17.7. The Morgan fingerprint density at radius 1 is 1.04 bits per heavy atom. The summed E-state index contributed by atoms with van der Waals surface area (Å²) in [4.78, 5) is 26.5. The van der Waals surface area contributed by atoms with Gasteiger partial charge in [0, 0.05) is 34.4 Å². The Kier molecular flexibility index (Phi) is 4.50. The summed E-state index contributed by atoms with van der Waals surface area (Å²) in [5.74, 6) is 0.470. The number of esters is 1. The van der Waals surface area contributed by atoms with E-state index in [2.05, 4.69) is 4.99 Å². The summed E-state index contributed by atoms with van der Waals surface area (Å²) in [5.41, 5.74) is 1.27.